The van der Waals surface area contributed by atoms with E-state index in [1.807, 2.05) is 5.38 Å². The predicted octanol–water partition coefficient (Wildman–Crippen LogP) is 2.35. The molecule has 1 aromatic heterocycles. The molecule has 0 aliphatic carbocycles. The van der Waals surface area contributed by atoms with Crippen LogP contribution in [0.2, 0.25) is 0 Å². The molecule has 0 radical (unpaired) electrons. The predicted molar refractivity (Wildman–Crippen MR) is 102 cm³/mol. The second-order valence-corrected chi connectivity index (χ2v) is 7.56. The minimum Gasteiger partial charge on any atom is -0.348 e. The van der Waals surface area contributed by atoms with Gasteiger partial charge in [-0.2, -0.15) is 0 Å². The summed E-state index contributed by atoms with van der Waals surface area (Å²) in [5.74, 6) is -0.0584. The molecule has 1 saturated heterocycles. The lowest BCUT2D eigenvalue weighted by molar-refractivity contribution is 0.0904. The standard InChI is InChI=1S/C19H26N4OS/c1-14-4-2-3-5-15(14)12-23-10-7-16(8-11-23)21-19(24)17-13-25-18(22-17)6-9-20/h2-5,13,16H,6-12,20H2,1H3,(H,21,24). The maximum Gasteiger partial charge on any atom is 0.270 e. The van der Waals surface area contributed by atoms with Crippen LogP contribution in [0.1, 0.15) is 39.5 Å². The summed E-state index contributed by atoms with van der Waals surface area (Å²) in [5.41, 5.74) is 8.79. The topological polar surface area (TPSA) is 71.2 Å². The normalized spacial score (nSPS) is 16.1. The molecule has 2 heterocycles. The Morgan fingerprint density at radius 3 is 2.84 bits per heavy atom. The number of hydrogen-bond donors (Lipinski definition) is 2. The maximum absolute atomic E-state index is 12.3. The van der Waals surface area contributed by atoms with Crippen molar-refractivity contribution in [3.8, 4) is 0 Å². The average Bonchev–Trinajstić information content (AvgIpc) is 3.08. The fourth-order valence-electron chi connectivity index (χ4n) is 3.18. The van der Waals surface area contributed by atoms with Crippen molar-refractivity contribution in [2.24, 2.45) is 5.73 Å². The molecule has 0 spiro atoms. The Hall–Kier alpha value is -1.76. The monoisotopic (exact) mass is 358 g/mol. The molecule has 3 N–H and O–H groups in total. The minimum absolute atomic E-state index is 0.0584. The van der Waals surface area contributed by atoms with Crippen molar-refractivity contribution < 1.29 is 4.79 Å². The van der Waals surface area contributed by atoms with Crippen molar-refractivity contribution in [2.45, 2.75) is 38.8 Å². The molecule has 5 nitrogen and oxygen atoms in total. The van der Waals surface area contributed by atoms with E-state index >= 15 is 0 Å². The van der Waals surface area contributed by atoms with Crippen molar-refractivity contribution in [1.29, 1.82) is 0 Å². The van der Waals surface area contributed by atoms with E-state index in [1.54, 1.807) is 0 Å². The van der Waals surface area contributed by atoms with Gasteiger partial charge in [-0.25, -0.2) is 4.98 Å². The number of amides is 1. The number of thiazole rings is 1. The smallest absolute Gasteiger partial charge is 0.270 e. The van der Waals surface area contributed by atoms with E-state index in [0.717, 1.165) is 43.9 Å². The Kier molecular flexibility index (Phi) is 6.18. The molecule has 1 amide bonds. The Balaban J connectivity index is 1.47. The van der Waals surface area contributed by atoms with Gasteiger partial charge in [-0.05, 0) is 37.4 Å². The summed E-state index contributed by atoms with van der Waals surface area (Å²) in [4.78, 5) is 19.2. The SMILES string of the molecule is Cc1ccccc1CN1CCC(NC(=O)c2csc(CCN)n2)CC1. The van der Waals surface area contributed by atoms with E-state index in [4.69, 9.17) is 5.73 Å². The zero-order valence-electron chi connectivity index (χ0n) is 14.7. The van der Waals surface area contributed by atoms with Crippen molar-refractivity contribution in [1.82, 2.24) is 15.2 Å². The number of nitrogens with one attached hydrogen (secondary N) is 1. The summed E-state index contributed by atoms with van der Waals surface area (Å²) < 4.78 is 0. The molecule has 2 aromatic rings. The highest BCUT2D eigenvalue weighted by molar-refractivity contribution is 7.09. The van der Waals surface area contributed by atoms with Crippen molar-refractivity contribution >= 4 is 17.2 Å². The van der Waals surface area contributed by atoms with E-state index < -0.39 is 0 Å². The Bertz CT molecular complexity index is 707. The molecule has 0 saturated carbocycles. The third kappa shape index (κ3) is 4.87. The zero-order chi connectivity index (χ0) is 17.6. The van der Waals surface area contributed by atoms with Crippen LogP contribution in [-0.4, -0.2) is 41.5 Å². The van der Waals surface area contributed by atoms with Gasteiger partial charge in [-0.3, -0.25) is 9.69 Å². The van der Waals surface area contributed by atoms with Gasteiger partial charge in [-0.1, -0.05) is 24.3 Å². The molecule has 6 heteroatoms. The number of rotatable bonds is 6. The summed E-state index contributed by atoms with van der Waals surface area (Å²) in [6, 6.07) is 8.78. The van der Waals surface area contributed by atoms with E-state index in [0.29, 0.717) is 12.2 Å². The van der Waals surface area contributed by atoms with Crippen LogP contribution in [0, 0.1) is 6.92 Å². The van der Waals surface area contributed by atoms with E-state index in [-0.39, 0.29) is 11.9 Å². The summed E-state index contributed by atoms with van der Waals surface area (Å²) >= 11 is 1.51. The fourth-order valence-corrected chi connectivity index (χ4v) is 3.97. The van der Waals surface area contributed by atoms with Gasteiger partial charge in [0.2, 0.25) is 0 Å². The summed E-state index contributed by atoms with van der Waals surface area (Å²) in [7, 11) is 0. The van der Waals surface area contributed by atoms with Gasteiger partial charge in [0.1, 0.15) is 5.69 Å². The molecule has 0 bridgehead atoms. The van der Waals surface area contributed by atoms with Crippen LogP contribution in [0.5, 0.6) is 0 Å². The Morgan fingerprint density at radius 2 is 2.12 bits per heavy atom. The number of nitrogens with two attached hydrogens (primary N) is 1. The Morgan fingerprint density at radius 1 is 1.36 bits per heavy atom. The van der Waals surface area contributed by atoms with Crippen LogP contribution in [0.4, 0.5) is 0 Å². The van der Waals surface area contributed by atoms with E-state index in [2.05, 4.69) is 46.4 Å². The van der Waals surface area contributed by atoms with Crippen molar-refractivity contribution in [2.75, 3.05) is 19.6 Å². The second kappa shape index (κ2) is 8.56. The maximum atomic E-state index is 12.3. The molecule has 1 aliphatic heterocycles. The first-order valence-corrected chi connectivity index (χ1v) is 9.76. The summed E-state index contributed by atoms with van der Waals surface area (Å²) in [6.07, 6.45) is 2.70. The van der Waals surface area contributed by atoms with Crippen LogP contribution in [0.15, 0.2) is 29.6 Å². The van der Waals surface area contributed by atoms with E-state index in [1.165, 1.54) is 22.5 Å². The highest BCUT2D eigenvalue weighted by atomic mass is 32.1. The van der Waals surface area contributed by atoms with Crippen LogP contribution >= 0.6 is 11.3 Å². The van der Waals surface area contributed by atoms with Crippen LogP contribution < -0.4 is 11.1 Å². The highest BCUT2D eigenvalue weighted by Gasteiger charge is 2.22. The molecule has 134 valence electrons. The van der Waals surface area contributed by atoms with Crippen molar-refractivity contribution in [3.05, 3.63) is 51.5 Å². The lowest BCUT2D eigenvalue weighted by Gasteiger charge is -2.32. The first-order valence-electron chi connectivity index (χ1n) is 8.88. The number of aromatic nitrogens is 1. The Labute approximate surface area is 153 Å². The highest BCUT2D eigenvalue weighted by Crippen LogP contribution is 2.17. The third-order valence-electron chi connectivity index (χ3n) is 4.72. The third-order valence-corrected chi connectivity index (χ3v) is 5.63. The first kappa shape index (κ1) is 18.0. The number of carbonyl (C=O) groups is 1. The minimum atomic E-state index is -0.0584. The van der Waals surface area contributed by atoms with Gasteiger partial charge in [-0.15, -0.1) is 11.3 Å². The van der Waals surface area contributed by atoms with Crippen LogP contribution in [-0.2, 0) is 13.0 Å². The average molecular weight is 359 g/mol. The lowest BCUT2D eigenvalue weighted by atomic mass is 10.0. The summed E-state index contributed by atoms with van der Waals surface area (Å²) in [5, 5.41) is 5.89. The van der Waals surface area contributed by atoms with Crippen LogP contribution in [0.3, 0.4) is 0 Å². The number of piperidine rings is 1. The molecule has 3 rings (SSSR count). The fraction of sp³-hybridized carbons (Fsp3) is 0.474. The van der Waals surface area contributed by atoms with Crippen molar-refractivity contribution in [3.63, 3.8) is 0 Å². The zero-order valence-corrected chi connectivity index (χ0v) is 15.5. The number of hydrogen-bond acceptors (Lipinski definition) is 5. The second-order valence-electron chi connectivity index (χ2n) is 6.62. The van der Waals surface area contributed by atoms with E-state index in [9.17, 15) is 4.79 Å². The van der Waals surface area contributed by atoms with Gasteiger partial charge in [0, 0.05) is 37.5 Å². The van der Waals surface area contributed by atoms with Gasteiger partial charge in [0.05, 0.1) is 5.01 Å². The molecule has 1 fully saturated rings. The molecule has 0 unspecified atom stereocenters. The molecular weight excluding hydrogens is 332 g/mol. The van der Waals surface area contributed by atoms with Gasteiger partial charge in [0.15, 0.2) is 0 Å². The molecule has 0 atom stereocenters. The number of carbonyl (C=O) groups excluding carboxylic acids is 1. The lowest BCUT2D eigenvalue weighted by Crippen LogP contribution is -2.44. The first-order chi connectivity index (χ1) is 12.2. The largest absolute Gasteiger partial charge is 0.348 e. The molecule has 1 aliphatic rings. The number of likely N-dealkylation sites (tertiary alicyclic amines) is 1. The molecule has 1 aromatic carbocycles. The molecule has 25 heavy (non-hydrogen) atoms. The van der Waals surface area contributed by atoms with Gasteiger partial charge < -0.3 is 11.1 Å². The van der Waals surface area contributed by atoms with Gasteiger partial charge in [0.25, 0.3) is 5.91 Å². The number of nitrogens with zero attached hydrogens (tertiary/aromatic N) is 2. The molecular formula is C19H26N4OS. The number of aryl methyl sites for hydroxylation is 1. The van der Waals surface area contributed by atoms with Gasteiger partial charge >= 0.3 is 0 Å². The number of benzene rings is 1. The van der Waals surface area contributed by atoms with Crippen LogP contribution in [0.25, 0.3) is 0 Å². The summed E-state index contributed by atoms with van der Waals surface area (Å²) in [6.45, 7) is 5.73. The quantitative estimate of drug-likeness (QED) is 0.831.